The molecule has 13 rings (SSSR count). The molecule has 0 aliphatic rings. The molecule has 0 N–H and O–H groups in total. The summed E-state index contributed by atoms with van der Waals surface area (Å²) in [4.78, 5) is 30.7. The van der Waals surface area contributed by atoms with Crippen molar-refractivity contribution in [1.29, 1.82) is 0 Å². The van der Waals surface area contributed by atoms with Crippen LogP contribution in [0.25, 0.3) is 133 Å². The van der Waals surface area contributed by atoms with Crippen molar-refractivity contribution in [2.75, 3.05) is 0 Å². The molecular formula is C60H36N6. The first-order valence-corrected chi connectivity index (χ1v) is 22.1. The zero-order chi connectivity index (χ0) is 43.6. The van der Waals surface area contributed by atoms with Gasteiger partial charge in [-0.05, 0) is 71.3 Å². The van der Waals surface area contributed by atoms with Gasteiger partial charge in [-0.3, -0.25) is 15.0 Å². The van der Waals surface area contributed by atoms with Gasteiger partial charge in [0.15, 0.2) is 0 Å². The van der Waals surface area contributed by atoms with Crippen LogP contribution in [0.5, 0.6) is 0 Å². The third-order valence-corrected chi connectivity index (χ3v) is 12.7. The summed E-state index contributed by atoms with van der Waals surface area (Å²) >= 11 is 0. The second-order valence-electron chi connectivity index (χ2n) is 16.8. The van der Waals surface area contributed by atoms with E-state index in [1.807, 2.05) is 73.2 Å². The lowest BCUT2D eigenvalue weighted by molar-refractivity contribution is 1.36. The van der Waals surface area contributed by atoms with E-state index in [9.17, 15) is 0 Å². The Morgan fingerprint density at radius 1 is 0.197 bits per heavy atom. The summed E-state index contributed by atoms with van der Waals surface area (Å²) in [5.41, 5.74) is 17.4. The quantitative estimate of drug-likeness (QED) is 0.155. The Kier molecular flexibility index (Phi) is 8.74. The van der Waals surface area contributed by atoms with Crippen molar-refractivity contribution in [2.24, 2.45) is 0 Å². The fourth-order valence-corrected chi connectivity index (χ4v) is 9.25. The van der Waals surface area contributed by atoms with Gasteiger partial charge in [-0.2, -0.15) is 0 Å². The summed E-state index contributed by atoms with van der Waals surface area (Å²) in [5.74, 6) is 0. The molecule has 13 aromatic rings. The molecule has 306 valence electrons. The fraction of sp³-hybridized carbons (Fsp3) is 0. The molecule has 0 radical (unpaired) electrons. The maximum Gasteiger partial charge on any atom is 0.0972 e. The minimum Gasteiger partial charge on any atom is -0.253 e. The minimum absolute atomic E-state index is 0.871. The maximum absolute atomic E-state index is 5.13. The lowest BCUT2D eigenvalue weighted by Gasteiger charge is -2.13. The van der Waals surface area contributed by atoms with E-state index in [0.717, 1.165) is 133 Å². The van der Waals surface area contributed by atoms with Gasteiger partial charge >= 0.3 is 0 Å². The van der Waals surface area contributed by atoms with Crippen LogP contribution in [0.3, 0.4) is 0 Å². The Morgan fingerprint density at radius 3 is 0.773 bits per heavy atom. The molecule has 0 spiro atoms. The summed E-state index contributed by atoms with van der Waals surface area (Å²) in [6.45, 7) is 0. The first kappa shape index (κ1) is 37.5. The van der Waals surface area contributed by atoms with Crippen LogP contribution in [0.2, 0.25) is 0 Å². The molecular weight excluding hydrogens is 805 g/mol. The SMILES string of the molecule is c1ccc(-c2ccc3ccc4cc(-c5cc(-c6cnc7c(ccc8ccc(-c9ccccc9)nc87)c6)cc(-c6cnc7c(ccc8ccc(-c9ccccc9)nc87)c6)c5)cnc4c3n2)cc1. The molecule has 6 heteroatoms. The van der Waals surface area contributed by atoms with Crippen LogP contribution in [0.4, 0.5) is 0 Å². The van der Waals surface area contributed by atoms with Gasteiger partial charge in [-0.1, -0.05) is 146 Å². The van der Waals surface area contributed by atoms with Crippen molar-refractivity contribution in [2.45, 2.75) is 0 Å². The Morgan fingerprint density at radius 2 is 0.470 bits per heavy atom. The maximum atomic E-state index is 5.13. The van der Waals surface area contributed by atoms with Gasteiger partial charge in [0.2, 0.25) is 0 Å². The molecule has 0 unspecified atom stereocenters. The highest BCUT2D eigenvalue weighted by Crippen LogP contribution is 2.38. The average Bonchev–Trinajstić information content (AvgIpc) is 3.40. The Labute approximate surface area is 379 Å². The van der Waals surface area contributed by atoms with Gasteiger partial charge in [0.25, 0.3) is 0 Å². The van der Waals surface area contributed by atoms with E-state index in [1.54, 1.807) is 0 Å². The molecule has 0 saturated carbocycles. The number of aromatic nitrogens is 6. The molecule has 0 atom stereocenters. The van der Waals surface area contributed by atoms with Crippen molar-refractivity contribution in [3.63, 3.8) is 0 Å². The predicted octanol–water partition coefficient (Wildman–Crippen LogP) is 15.0. The van der Waals surface area contributed by atoms with Crippen LogP contribution >= 0.6 is 0 Å². The zero-order valence-electron chi connectivity index (χ0n) is 35.5. The van der Waals surface area contributed by atoms with E-state index in [1.165, 1.54) is 0 Å². The van der Waals surface area contributed by atoms with E-state index >= 15 is 0 Å². The number of hydrogen-bond acceptors (Lipinski definition) is 6. The first-order valence-electron chi connectivity index (χ1n) is 22.1. The number of rotatable bonds is 6. The topological polar surface area (TPSA) is 77.3 Å². The van der Waals surface area contributed by atoms with Gasteiger partial charge < -0.3 is 0 Å². The van der Waals surface area contributed by atoms with Crippen molar-refractivity contribution >= 4 is 65.4 Å². The van der Waals surface area contributed by atoms with Crippen LogP contribution in [0.15, 0.2) is 219 Å². The molecule has 0 aliphatic heterocycles. The van der Waals surface area contributed by atoms with Crippen molar-refractivity contribution in [3.8, 4) is 67.2 Å². The van der Waals surface area contributed by atoms with Crippen molar-refractivity contribution in [1.82, 2.24) is 29.9 Å². The van der Waals surface area contributed by atoms with Gasteiger partial charge in [0.05, 0.1) is 50.2 Å². The summed E-state index contributed by atoms with van der Waals surface area (Å²) in [7, 11) is 0. The number of pyridine rings is 6. The molecule has 7 aromatic carbocycles. The summed E-state index contributed by atoms with van der Waals surface area (Å²) in [6.07, 6.45) is 5.93. The summed E-state index contributed by atoms with van der Waals surface area (Å²) in [5, 5.41) is 6.22. The van der Waals surface area contributed by atoms with E-state index < -0.39 is 0 Å². The first-order chi connectivity index (χ1) is 32.6. The summed E-state index contributed by atoms with van der Waals surface area (Å²) in [6, 6.07) is 69.8. The number of benzene rings is 7. The van der Waals surface area contributed by atoms with Crippen molar-refractivity contribution in [3.05, 3.63) is 219 Å². The number of hydrogen-bond donors (Lipinski definition) is 0. The van der Waals surface area contributed by atoms with Crippen molar-refractivity contribution < 1.29 is 0 Å². The summed E-state index contributed by atoms with van der Waals surface area (Å²) < 4.78 is 0. The van der Waals surface area contributed by atoms with Gasteiger partial charge in [-0.25, -0.2) is 15.0 Å². The Hall–Kier alpha value is -9.00. The van der Waals surface area contributed by atoms with Gasteiger partial charge in [-0.15, -0.1) is 0 Å². The van der Waals surface area contributed by atoms with Gasteiger partial charge in [0, 0.05) is 84.3 Å². The third-order valence-electron chi connectivity index (χ3n) is 12.7. The smallest absolute Gasteiger partial charge is 0.0972 e. The van der Waals surface area contributed by atoms with Crippen LogP contribution in [0.1, 0.15) is 0 Å². The second-order valence-corrected chi connectivity index (χ2v) is 16.8. The fourth-order valence-electron chi connectivity index (χ4n) is 9.25. The van der Waals surface area contributed by atoms with Crippen LogP contribution in [-0.4, -0.2) is 29.9 Å². The standard InChI is InChI=1S/C60H36N6/c1-4-10-37(11-5-1)52-25-22-40-16-19-43-28-49(34-61-55(43)58(40)64-52)46-31-47(50-29-44-20-17-41-23-26-53(38-12-6-2-7-13-38)65-59(41)56(44)62-35-50)33-48(32-46)51-30-45-21-18-42-24-27-54(39-14-8-3-9-15-39)66-60(42)57(45)63-36-51/h1-36H. The molecule has 66 heavy (non-hydrogen) atoms. The van der Waals surface area contributed by atoms with Crippen LogP contribution in [0, 0.1) is 0 Å². The monoisotopic (exact) mass is 840 g/mol. The molecule has 0 saturated heterocycles. The van der Waals surface area contributed by atoms with E-state index in [4.69, 9.17) is 29.9 Å². The van der Waals surface area contributed by atoms with E-state index in [-0.39, 0.29) is 0 Å². The van der Waals surface area contributed by atoms with Crippen LogP contribution < -0.4 is 0 Å². The lowest BCUT2D eigenvalue weighted by Crippen LogP contribution is -1.92. The van der Waals surface area contributed by atoms with E-state index in [2.05, 4.69) is 146 Å². The van der Waals surface area contributed by atoms with Crippen LogP contribution in [-0.2, 0) is 0 Å². The zero-order valence-corrected chi connectivity index (χ0v) is 35.5. The Balaban J connectivity index is 0.960. The molecule has 6 heterocycles. The lowest BCUT2D eigenvalue weighted by atomic mass is 9.93. The number of nitrogens with zero attached hydrogens (tertiary/aromatic N) is 6. The third kappa shape index (κ3) is 6.59. The molecule has 0 amide bonds. The molecule has 0 fully saturated rings. The van der Waals surface area contributed by atoms with E-state index in [0.29, 0.717) is 0 Å². The minimum atomic E-state index is 0.871. The molecule has 6 aromatic heterocycles. The second kappa shape index (κ2) is 15.4. The highest BCUT2D eigenvalue weighted by Gasteiger charge is 2.15. The number of fused-ring (bicyclic) bond motifs is 9. The predicted molar refractivity (Wildman–Crippen MR) is 271 cm³/mol. The van der Waals surface area contributed by atoms with Gasteiger partial charge in [0.1, 0.15) is 0 Å². The normalized spacial score (nSPS) is 11.6. The highest BCUT2D eigenvalue weighted by atomic mass is 14.8. The molecule has 0 bridgehead atoms. The Bertz CT molecular complexity index is 3610. The molecule has 6 nitrogen and oxygen atoms in total. The largest absolute Gasteiger partial charge is 0.253 e. The average molecular weight is 841 g/mol. The highest BCUT2D eigenvalue weighted by molar-refractivity contribution is 6.07. The molecule has 0 aliphatic carbocycles.